The maximum absolute atomic E-state index is 4.57. The molecular formula is C15H15N3S. The molecule has 0 saturated heterocycles. The Morgan fingerprint density at radius 1 is 1.16 bits per heavy atom. The van der Waals surface area contributed by atoms with Gasteiger partial charge in [0.25, 0.3) is 0 Å². The largest absolute Gasteiger partial charge is 0.385 e. The van der Waals surface area contributed by atoms with E-state index < -0.39 is 0 Å². The lowest BCUT2D eigenvalue weighted by Gasteiger charge is -2.04. The maximum Gasteiger partial charge on any atom is 0.0998 e. The molecule has 0 bridgehead atoms. The molecule has 0 spiro atoms. The molecule has 19 heavy (non-hydrogen) atoms. The summed E-state index contributed by atoms with van der Waals surface area (Å²) in [4.78, 5) is 8.66. The number of thiazole rings is 1. The molecule has 1 N–H and O–H groups in total. The summed E-state index contributed by atoms with van der Waals surface area (Å²) in [5.74, 6) is 0. The third-order valence-electron chi connectivity index (χ3n) is 2.95. The summed E-state index contributed by atoms with van der Waals surface area (Å²) in [5, 5.41) is 4.57. The van der Waals surface area contributed by atoms with E-state index in [1.54, 1.807) is 11.3 Å². The fourth-order valence-corrected chi connectivity index (χ4v) is 2.85. The molecule has 2 aromatic heterocycles. The van der Waals surface area contributed by atoms with Crippen molar-refractivity contribution in [1.82, 2.24) is 9.97 Å². The van der Waals surface area contributed by atoms with E-state index >= 15 is 0 Å². The molecule has 0 aliphatic carbocycles. The molecule has 0 unspecified atom stereocenters. The van der Waals surface area contributed by atoms with Gasteiger partial charge in [-0.1, -0.05) is 17.7 Å². The van der Waals surface area contributed by atoms with Gasteiger partial charge in [-0.25, -0.2) is 4.98 Å². The van der Waals surface area contributed by atoms with Crippen LogP contribution in [0.25, 0.3) is 10.2 Å². The number of nitrogens with one attached hydrogen (secondary N) is 1. The second kappa shape index (κ2) is 5.36. The quantitative estimate of drug-likeness (QED) is 0.785. The molecule has 4 heteroatoms. The molecule has 96 valence electrons. The van der Waals surface area contributed by atoms with E-state index in [0.717, 1.165) is 29.2 Å². The number of hydrogen-bond acceptors (Lipinski definition) is 4. The predicted molar refractivity (Wildman–Crippen MR) is 80.8 cm³/mol. The van der Waals surface area contributed by atoms with Crippen molar-refractivity contribution in [3.63, 3.8) is 0 Å². The number of benzene rings is 1. The Balaban J connectivity index is 1.61. The van der Waals surface area contributed by atoms with Crippen molar-refractivity contribution in [3.8, 4) is 0 Å². The number of anilines is 1. The maximum atomic E-state index is 4.57. The molecule has 0 saturated carbocycles. The van der Waals surface area contributed by atoms with Gasteiger partial charge < -0.3 is 5.32 Å². The highest BCUT2D eigenvalue weighted by Crippen LogP contribution is 2.21. The molecule has 0 aliphatic heterocycles. The first kappa shape index (κ1) is 12.1. The van der Waals surface area contributed by atoms with Crippen LogP contribution in [0.4, 0.5) is 5.69 Å². The summed E-state index contributed by atoms with van der Waals surface area (Å²) < 4.78 is 1.21. The van der Waals surface area contributed by atoms with Crippen molar-refractivity contribution in [3.05, 3.63) is 53.3 Å². The van der Waals surface area contributed by atoms with Crippen LogP contribution in [0.15, 0.2) is 42.7 Å². The van der Waals surface area contributed by atoms with Crippen molar-refractivity contribution >= 4 is 27.2 Å². The van der Waals surface area contributed by atoms with Crippen molar-refractivity contribution in [2.45, 2.75) is 13.3 Å². The summed E-state index contributed by atoms with van der Waals surface area (Å²) in [7, 11) is 0. The number of aryl methyl sites for hydroxylation is 1. The molecule has 3 nitrogen and oxygen atoms in total. The summed E-state index contributed by atoms with van der Waals surface area (Å²) in [5.41, 5.74) is 3.44. The average Bonchev–Trinajstić information content (AvgIpc) is 2.83. The predicted octanol–water partition coefficient (Wildman–Crippen LogP) is 3.65. The van der Waals surface area contributed by atoms with Gasteiger partial charge >= 0.3 is 0 Å². The van der Waals surface area contributed by atoms with Crippen LogP contribution in [0.1, 0.15) is 10.6 Å². The van der Waals surface area contributed by atoms with E-state index in [-0.39, 0.29) is 0 Å². The molecule has 0 radical (unpaired) electrons. The number of nitrogens with zero attached hydrogens (tertiary/aromatic N) is 2. The van der Waals surface area contributed by atoms with Crippen molar-refractivity contribution in [2.75, 3.05) is 11.9 Å². The third-order valence-corrected chi connectivity index (χ3v) is 4.05. The summed E-state index contributed by atoms with van der Waals surface area (Å²) >= 11 is 1.74. The molecule has 0 fully saturated rings. The first-order chi connectivity index (χ1) is 9.31. The van der Waals surface area contributed by atoms with Gasteiger partial charge in [0.05, 0.1) is 21.4 Å². The third kappa shape index (κ3) is 2.90. The van der Waals surface area contributed by atoms with E-state index in [0.29, 0.717) is 0 Å². The Morgan fingerprint density at radius 3 is 2.79 bits per heavy atom. The van der Waals surface area contributed by atoms with Crippen molar-refractivity contribution in [2.24, 2.45) is 0 Å². The van der Waals surface area contributed by atoms with Crippen LogP contribution in [-0.4, -0.2) is 16.5 Å². The molecule has 1 aromatic carbocycles. The van der Waals surface area contributed by atoms with E-state index in [9.17, 15) is 0 Å². The standard InChI is InChI=1S/C15H15N3S/c1-11-2-4-12(5-3-11)17-9-7-15-18-13-10-16-8-6-14(13)19-15/h2-6,8,10,17H,7,9H2,1H3. The monoisotopic (exact) mass is 269 g/mol. The van der Waals surface area contributed by atoms with Crippen LogP contribution in [0.5, 0.6) is 0 Å². The molecule has 0 atom stereocenters. The average molecular weight is 269 g/mol. The highest BCUT2D eigenvalue weighted by atomic mass is 32.1. The Kier molecular flexibility index (Phi) is 3.42. The number of pyridine rings is 1. The highest BCUT2D eigenvalue weighted by molar-refractivity contribution is 7.18. The van der Waals surface area contributed by atoms with Gasteiger partial charge in [0, 0.05) is 24.8 Å². The minimum atomic E-state index is 0.899. The fraction of sp³-hybridized carbons (Fsp3) is 0.200. The number of fused-ring (bicyclic) bond motifs is 1. The molecule has 2 heterocycles. The molecular weight excluding hydrogens is 254 g/mol. The summed E-state index contributed by atoms with van der Waals surface area (Å²) in [6.45, 7) is 3.00. The van der Waals surface area contributed by atoms with Gasteiger partial charge in [0.1, 0.15) is 0 Å². The minimum absolute atomic E-state index is 0.899. The Hall–Kier alpha value is -1.94. The zero-order valence-electron chi connectivity index (χ0n) is 10.8. The molecule has 0 amide bonds. The fourth-order valence-electron chi connectivity index (χ4n) is 1.92. The lowest BCUT2D eigenvalue weighted by Crippen LogP contribution is -2.04. The van der Waals surface area contributed by atoms with Crippen LogP contribution in [0.2, 0.25) is 0 Å². The van der Waals surface area contributed by atoms with E-state index in [1.165, 1.54) is 10.3 Å². The van der Waals surface area contributed by atoms with Crippen LogP contribution in [0, 0.1) is 6.92 Å². The smallest absolute Gasteiger partial charge is 0.0998 e. The van der Waals surface area contributed by atoms with Crippen LogP contribution < -0.4 is 5.32 Å². The SMILES string of the molecule is Cc1ccc(NCCc2nc3cnccc3s2)cc1. The van der Waals surface area contributed by atoms with Gasteiger partial charge in [-0.3, -0.25) is 4.98 Å². The van der Waals surface area contributed by atoms with E-state index in [1.807, 2.05) is 18.5 Å². The Morgan fingerprint density at radius 2 is 2.00 bits per heavy atom. The zero-order chi connectivity index (χ0) is 13.1. The highest BCUT2D eigenvalue weighted by Gasteiger charge is 2.02. The van der Waals surface area contributed by atoms with Gasteiger partial charge in [0.15, 0.2) is 0 Å². The molecule has 0 aliphatic rings. The normalized spacial score (nSPS) is 10.8. The first-order valence-electron chi connectivity index (χ1n) is 6.31. The Labute approximate surface area is 116 Å². The number of aromatic nitrogens is 2. The number of hydrogen-bond donors (Lipinski definition) is 1. The van der Waals surface area contributed by atoms with Gasteiger partial charge in [-0.05, 0) is 25.1 Å². The van der Waals surface area contributed by atoms with E-state index in [2.05, 4.69) is 46.5 Å². The van der Waals surface area contributed by atoms with Crippen LogP contribution in [0.3, 0.4) is 0 Å². The Bertz CT molecular complexity index is 640. The van der Waals surface area contributed by atoms with Gasteiger partial charge in [-0.15, -0.1) is 11.3 Å². The summed E-state index contributed by atoms with van der Waals surface area (Å²) in [6.07, 6.45) is 4.57. The second-order valence-corrected chi connectivity index (χ2v) is 5.61. The molecule has 3 rings (SSSR count). The topological polar surface area (TPSA) is 37.8 Å². The van der Waals surface area contributed by atoms with Crippen LogP contribution in [-0.2, 0) is 6.42 Å². The molecule has 3 aromatic rings. The van der Waals surface area contributed by atoms with Crippen molar-refractivity contribution < 1.29 is 0 Å². The van der Waals surface area contributed by atoms with Crippen LogP contribution >= 0.6 is 11.3 Å². The minimum Gasteiger partial charge on any atom is -0.385 e. The zero-order valence-corrected chi connectivity index (χ0v) is 11.6. The summed E-state index contributed by atoms with van der Waals surface area (Å²) in [6, 6.07) is 10.5. The number of rotatable bonds is 4. The lowest BCUT2D eigenvalue weighted by molar-refractivity contribution is 1.00. The van der Waals surface area contributed by atoms with Gasteiger partial charge in [0.2, 0.25) is 0 Å². The van der Waals surface area contributed by atoms with Crippen molar-refractivity contribution in [1.29, 1.82) is 0 Å². The second-order valence-electron chi connectivity index (χ2n) is 4.49. The lowest BCUT2D eigenvalue weighted by atomic mass is 10.2. The first-order valence-corrected chi connectivity index (χ1v) is 7.13. The van der Waals surface area contributed by atoms with E-state index in [4.69, 9.17) is 0 Å². The van der Waals surface area contributed by atoms with Gasteiger partial charge in [-0.2, -0.15) is 0 Å².